The molecule has 0 atom stereocenters. The van der Waals surface area contributed by atoms with Crippen molar-refractivity contribution in [3.63, 3.8) is 0 Å². The molecular weight excluding hydrogens is 284 g/mol. The zero-order valence-corrected chi connectivity index (χ0v) is 13.8. The number of nitrogens with zero attached hydrogens (tertiary/aromatic N) is 1. The van der Waals surface area contributed by atoms with E-state index >= 15 is 0 Å². The lowest BCUT2D eigenvalue weighted by Crippen LogP contribution is -2.27. The van der Waals surface area contributed by atoms with Crippen LogP contribution >= 0.6 is 0 Å². The van der Waals surface area contributed by atoms with Crippen LogP contribution in [0, 0.1) is 5.92 Å². The summed E-state index contributed by atoms with van der Waals surface area (Å²) in [5.41, 5.74) is 0. The molecule has 21 heavy (non-hydrogen) atoms. The van der Waals surface area contributed by atoms with Crippen LogP contribution in [-0.4, -0.2) is 25.7 Å². The lowest BCUT2D eigenvalue weighted by molar-refractivity contribution is 0.314. The normalized spacial score (nSPS) is 23.0. The minimum Gasteiger partial charge on any atom is -0.366 e. The number of aromatic nitrogens is 1. The van der Waals surface area contributed by atoms with E-state index in [2.05, 4.69) is 17.2 Å². The van der Waals surface area contributed by atoms with Gasteiger partial charge in [-0.1, -0.05) is 26.2 Å². The minimum atomic E-state index is -3.23. The maximum atomic E-state index is 11.8. The fourth-order valence-corrected chi connectivity index (χ4v) is 3.87. The van der Waals surface area contributed by atoms with Crippen molar-refractivity contribution in [1.82, 2.24) is 4.98 Å². The standard InChI is InChI=1S/C16H26N2O2S/c1-3-4-6-13-8-10-14(11-9-13)18-16-15(21(2,19)20)7-5-12-17-16/h5,7,12-14H,3-4,6,8-11H2,1-2H3,(H,17,18). The highest BCUT2D eigenvalue weighted by atomic mass is 32.2. The van der Waals surface area contributed by atoms with Crippen LogP contribution in [0.2, 0.25) is 0 Å². The smallest absolute Gasteiger partial charge is 0.179 e. The third kappa shape index (κ3) is 4.70. The first-order valence-electron chi connectivity index (χ1n) is 7.92. The van der Waals surface area contributed by atoms with E-state index in [0.29, 0.717) is 16.8 Å². The minimum absolute atomic E-state index is 0.304. The average molecular weight is 310 g/mol. The van der Waals surface area contributed by atoms with Gasteiger partial charge in [0.1, 0.15) is 10.7 Å². The number of rotatable bonds is 6. The SMILES string of the molecule is CCCCC1CCC(Nc2ncccc2S(C)(=O)=O)CC1. The largest absolute Gasteiger partial charge is 0.366 e. The summed E-state index contributed by atoms with van der Waals surface area (Å²) >= 11 is 0. The second-order valence-corrected chi connectivity index (χ2v) is 8.11. The van der Waals surface area contributed by atoms with Crippen molar-refractivity contribution < 1.29 is 8.42 Å². The summed E-state index contributed by atoms with van der Waals surface area (Å²) in [6, 6.07) is 3.64. The Morgan fingerprint density at radius 3 is 2.62 bits per heavy atom. The molecule has 4 nitrogen and oxygen atoms in total. The van der Waals surface area contributed by atoms with Crippen LogP contribution in [0.25, 0.3) is 0 Å². The van der Waals surface area contributed by atoms with Gasteiger partial charge in [0.05, 0.1) is 0 Å². The van der Waals surface area contributed by atoms with Gasteiger partial charge in [0.15, 0.2) is 9.84 Å². The molecule has 0 bridgehead atoms. The first-order chi connectivity index (χ1) is 10.0. The maximum absolute atomic E-state index is 11.8. The summed E-state index contributed by atoms with van der Waals surface area (Å²) in [6.45, 7) is 2.24. The molecule has 2 rings (SSSR count). The Morgan fingerprint density at radius 2 is 2.00 bits per heavy atom. The van der Waals surface area contributed by atoms with Gasteiger partial charge in [-0.05, 0) is 43.7 Å². The zero-order valence-electron chi connectivity index (χ0n) is 13.0. The molecule has 1 fully saturated rings. The number of nitrogens with one attached hydrogen (secondary N) is 1. The molecule has 0 aliphatic heterocycles. The second-order valence-electron chi connectivity index (χ2n) is 6.13. The molecule has 0 unspecified atom stereocenters. The molecule has 0 radical (unpaired) electrons. The number of hydrogen-bond donors (Lipinski definition) is 1. The van der Waals surface area contributed by atoms with Crippen LogP contribution in [0.3, 0.4) is 0 Å². The zero-order chi connectivity index (χ0) is 15.3. The van der Waals surface area contributed by atoms with Crippen LogP contribution in [0.15, 0.2) is 23.2 Å². The van der Waals surface area contributed by atoms with Crippen molar-refractivity contribution in [3.8, 4) is 0 Å². The topological polar surface area (TPSA) is 59.1 Å². The molecule has 0 amide bonds. The number of hydrogen-bond acceptors (Lipinski definition) is 4. The molecule has 1 aliphatic carbocycles. The molecule has 0 aromatic carbocycles. The van der Waals surface area contributed by atoms with Crippen LogP contribution in [-0.2, 0) is 9.84 Å². The Labute approximate surface area is 128 Å². The Balaban J connectivity index is 1.95. The van der Waals surface area contributed by atoms with E-state index in [1.165, 1.54) is 38.4 Å². The monoisotopic (exact) mass is 310 g/mol. The number of unbranched alkanes of at least 4 members (excludes halogenated alkanes) is 1. The Hall–Kier alpha value is -1.10. The van der Waals surface area contributed by atoms with E-state index in [1.807, 2.05) is 0 Å². The van der Waals surface area contributed by atoms with Crippen molar-refractivity contribution >= 4 is 15.7 Å². The maximum Gasteiger partial charge on any atom is 0.179 e. The first kappa shape index (κ1) is 16.3. The van der Waals surface area contributed by atoms with E-state index in [0.717, 1.165) is 18.8 Å². The van der Waals surface area contributed by atoms with E-state index in [1.54, 1.807) is 18.3 Å². The van der Waals surface area contributed by atoms with Crippen molar-refractivity contribution in [2.45, 2.75) is 62.8 Å². The lowest BCUT2D eigenvalue weighted by Gasteiger charge is -2.29. The number of anilines is 1. The molecule has 1 aromatic heterocycles. The number of pyridine rings is 1. The molecular formula is C16H26N2O2S. The van der Waals surface area contributed by atoms with Gasteiger partial charge in [-0.3, -0.25) is 0 Å². The van der Waals surface area contributed by atoms with Crippen molar-refractivity contribution in [1.29, 1.82) is 0 Å². The van der Waals surface area contributed by atoms with Crippen molar-refractivity contribution in [3.05, 3.63) is 18.3 Å². The van der Waals surface area contributed by atoms with Crippen molar-refractivity contribution in [2.75, 3.05) is 11.6 Å². The van der Waals surface area contributed by atoms with Gasteiger partial charge in [-0.25, -0.2) is 13.4 Å². The Bertz CT molecular complexity index is 549. The van der Waals surface area contributed by atoms with Crippen molar-refractivity contribution in [2.24, 2.45) is 5.92 Å². The Kier molecular flexibility index (Phi) is 5.62. The average Bonchev–Trinajstić information content (AvgIpc) is 2.46. The summed E-state index contributed by atoms with van der Waals surface area (Å²) in [5.74, 6) is 1.36. The fourth-order valence-electron chi connectivity index (χ4n) is 3.08. The quantitative estimate of drug-likeness (QED) is 0.871. The molecule has 118 valence electrons. The molecule has 0 saturated heterocycles. The van der Waals surface area contributed by atoms with E-state index in [-0.39, 0.29) is 0 Å². The predicted molar refractivity (Wildman–Crippen MR) is 86.2 cm³/mol. The van der Waals surface area contributed by atoms with Gasteiger partial charge in [-0.2, -0.15) is 0 Å². The molecule has 1 aliphatic rings. The van der Waals surface area contributed by atoms with E-state index < -0.39 is 9.84 Å². The van der Waals surface area contributed by atoms with Gasteiger partial charge in [0.25, 0.3) is 0 Å². The third-order valence-corrected chi connectivity index (χ3v) is 5.45. The predicted octanol–water partition coefficient (Wildman–Crippen LogP) is 3.65. The molecule has 1 aromatic rings. The molecule has 0 spiro atoms. The van der Waals surface area contributed by atoms with Crippen LogP contribution < -0.4 is 5.32 Å². The highest BCUT2D eigenvalue weighted by Crippen LogP contribution is 2.30. The van der Waals surface area contributed by atoms with Gasteiger partial charge in [0.2, 0.25) is 0 Å². The highest BCUT2D eigenvalue weighted by Gasteiger charge is 2.23. The molecule has 1 heterocycles. The highest BCUT2D eigenvalue weighted by molar-refractivity contribution is 7.90. The number of sulfone groups is 1. The first-order valence-corrected chi connectivity index (χ1v) is 9.81. The van der Waals surface area contributed by atoms with E-state index in [4.69, 9.17) is 0 Å². The summed E-state index contributed by atoms with van der Waals surface area (Å²) in [6.07, 6.45) is 11.5. The Morgan fingerprint density at radius 1 is 1.29 bits per heavy atom. The molecule has 1 N–H and O–H groups in total. The molecule has 1 saturated carbocycles. The van der Waals surface area contributed by atoms with Crippen LogP contribution in [0.1, 0.15) is 51.9 Å². The van der Waals surface area contributed by atoms with E-state index in [9.17, 15) is 8.42 Å². The van der Waals surface area contributed by atoms with Crippen LogP contribution in [0.5, 0.6) is 0 Å². The van der Waals surface area contributed by atoms with Crippen LogP contribution in [0.4, 0.5) is 5.82 Å². The third-order valence-electron chi connectivity index (χ3n) is 4.32. The van der Waals surface area contributed by atoms with Gasteiger partial charge >= 0.3 is 0 Å². The summed E-state index contributed by atoms with van der Waals surface area (Å²) in [4.78, 5) is 4.52. The van der Waals surface area contributed by atoms with Gasteiger partial charge < -0.3 is 5.32 Å². The van der Waals surface area contributed by atoms with Gasteiger partial charge in [0, 0.05) is 18.5 Å². The summed E-state index contributed by atoms with van der Waals surface area (Å²) in [5, 5.41) is 3.34. The second kappa shape index (κ2) is 7.25. The summed E-state index contributed by atoms with van der Waals surface area (Å²) in [7, 11) is -3.23. The molecule has 5 heteroatoms. The summed E-state index contributed by atoms with van der Waals surface area (Å²) < 4.78 is 23.6. The van der Waals surface area contributed by atoms with Gasteiger partial charge in [-0.15, -0.1) is 0 Å². The fraction of sp³-hybridized carbons (Fsp3) is 0.688. The lowest BCUT2D eigenvalue weighted by atomic mass is 9.83.